The number of hydrogen-bond acceptors (Lipinski definition) is 5. The lowest BCUT2D eigenvalue weighted by Crippen LogP contribution is -2.53. The number of nitrogens with one attached hydrogen (secondary N) is 2. The Kier molecular flexibility index (Phi) is 5.43. The summed E-state index contributed by atoms with van der Waals surface area (Å²) < 4.78 is 5.91. The van der Waals surface area contributed by atoms with E-state index in [9.17, 15) is 9.59 Å². The van der Waals surface area contributed by atoms with Crippen molar-refractivity contribution in [3.05, 3.63) is 65.8 Å². The lowest BCUT2D eigenvalue weighted by Gasteiger charge is -2.55. The van der Waals surface area contributed by atoms with Crippen LogP contribution in [0.4, 0.5) is 5.69 Å². The molecule has 0 atom stereocenters. The summed E-state index contributed by atoms with van der Waals surface area (Å²) in [5.41, 5.74) is 2.58. The van der Waals surface area contributed by atoms with Crippen molar-refractivity contribution >= 4 is 17.5 Å². The molecular formula is C28H30N4O3. The van der Waals surface area contributed by atoms with Crippen LogP contribution in [0.2, 0.25) is 0 Å². The molecular weight excluding hydrogens is 440 g/mol. The third-order valence-electron chi connectivity index (χ3n) is 8.14. The van der Waals surface area contributed by atoms with Crippen LogP contribution in [-0.2, 0) is 11.3 Å². The Morgan fingerprint density at radius 1 is 1.03 bits per heavy atom. The molecule has 180 valence electrons. The first-order valence-electron chi connectivity index (χ1n) is 12.5. The number of aromatic nitrogens is 2. The molecule has 35 heavy (non-hydrogen) atoms. The standard InChI is InChI=1S/C28H30N4O3/c1-17-24(16-30-27(34)28-12-18-9-19(13-28)11-20(10-18)14-28)32-26(35-17)21-4-6-23(7-5-21)31-25(33)22-3-2-8-29-15-22/h2-8,15,18-20H,9-14,16H2,1H3,(H,30,34)(H,31,33). The fraction of sp³-hybridized carbons (Fsp3) is 0.429. The van der Waals surface area contributed by atoms with E-state index in [4.69, 9.17) is 4.42 Å². The van der Waals surface area contributed by atoms with E-state index in [1.54, 1.807) is 18.3 Å². The van der Waals surface area contributed by atoms with Crippen molar-refractivity contribution in [3.8, 4) is 11.5 Å². The molecule has 2 N–H and O–H groups in total. The number of rotatable bonds is 6. The number of aryl methyl sites for hydroxylation is 1. The number of carbonyl (C=O) groups excluding carboxylic acids is 2. The SMILES string of the molecule is Cc1oc(-c2ccc(NC(=O)c3cccnc3)cc2)nc1CNC(=O)C12CC3CC(CC(C3)C1)C2. The van der Waals surface area contributed by atoms with Gasteiger partial charge in [0, 0.05) is 29.1 Å². The molecule has 4 aliphatic rings. The molecule has 0 saturated heterocycles. The first-order chi connectivity index (χ1) is 17.0. The summed E-state index contributed by atoms with van der Waals surface area (Å²) in [6.45, 7) is 2.26. The van der Waals surface area contributed by atoms with E-state index in [0.29, 0.717) is 29.4 Å². The molecule has 0 radical (unpaired) electrons. The normalized spacial score (nSPS) is 26.5. The van der Waals surface area contributed by atoms with E-state index >= 15 is 0 Å². The zero-order chi connectivity index (χ0) is 24.0. The molecule has 2 aromatic heterocycles. The maximum absolute atomic E-state index is 13.3. The molecule has 1 aromatic carbocycles. The van der Waals surface area contributed by atoms with E-state index in [2.05, 4.69) is 20.6 Å². The Bertz CT molecular complexity index is 1210. The van der Waals surface area contributed by atoms with Crippen LogP contribution in [0.25, 0.3) is 11.5 Å². The van der Waals surface area contributed by atoms with Gasteiger partial charge in [-0.1, -0.05) is 0 Å². The molecule has 2 amide bonds. The lowest BCUT2D eigenvalue weighted by atomic mass is 9.49. The van der Waals surface area contributed by atoms with Crippen molar-refractivity contribution in [1.29, 1.82) is 0 Å². The number of nitrogens with zero attached hydrogens (tertiary/aromatic N) is 2. The minimum absolute atomic E-state index is 0.161. The molecule has 7 rings (SSSR count). The van der Waals surface area contributed by atoms with E-state index in [-0.39, 0.29) is 17.2 Å². The highest BCUT2D eigenvalue weighted by Gasteiger charge is 2.54. The van der Waals surface area contributed by atoms with Crippen LogP contribution >= 0.6 is 0 Å². The second-order valence-corrected chi connectivity index (χ2v) is 10.7. The topological polar surface area (TPSA) is 97.1 Å². The van der Waals surface area contributed by atoms with Crippen molar-refractivity contribution in [3.63, 3.8) is 0 Å². The van der Waals surface area contributed by atoms with Gasteiger partial charge in [0.25, 0.3) is 5.91 Å². The summed E-state index contributed by atoms with van der Waals surface area (Å²) in [4.78, 5) is 34.2. The van der Waals surface area contributed by atoms with Crippen LogP contribution in [0.15, 0.2) is 53.2 Å². The molecule has 0 unspecified atom stereocenters. The Labute approximate surface area is 204 Å². The smallest absolute Gasteiger partial charge is 0.257 e. The van der Waals surface area contributed by atoms with Crippen molar-refractivity contribution in [1.82, 2.24) is 15.3 Å². The highest BCUT2D eigenvalue weighted by Crippen LogP contribution is 2.60. The van der Waals surface area contributed by atoms with Gasteiger partial charge >= 0.3 is 0 Å². The van der Waals surface area contributed by atoms with Crippen LogP contribution in [-0.4, -0.2) is 21.8 Å². The molecule has 7 heteroatoms. The van der Waals surface area contributed by atoms with E-state index in [1.165, 1.54) is 25.5 Å². The van der Waals surface area contributed by atoms with Crippen LogP contribution in [0.3, 0.4) is 0 Å². The first-order valence-corrected chi connectivity index (χ1v) is 12.5. The van der Waals surface area contributed by atoms with Gasteiger partial charge in [-0.3, -0.25) is 14.6 Å². The van der Waals surface area contributed by atoms with E-state index in [1.807, 2.05) is 31.2 Å². The summed E-state index contributed by atoms with van der Waals surface area (Å²) in [5.74, 6) is 3.43. The second kappa shape index (κ2) is 8.63. The van der Waals surface area contributed by atoms with Crippen molar-refractivity contribution < 1.29 is 14.0 Å². The minimum Gasteiger partial charge on any atom is -0.441 e. The number of hydrogen-bond donors (Lipinski definition) is 2. The van der Waals surface area contributed by atoms with E-state index < -0.39 is 0 Å². The number of anilines is 1. The van der Waals surface area contributed by atoms with Crippen molar-refractivity contribution in [2.24, 2.45) is 23.2 Å². The van der Waals surface area contributed by atoms with Crippen LogP contribution in [0.1, 0.15) is 60.3 Å². The average Bonchev–Trinajstić information content (AvgIpc) is 3.23. The summed E-state index contributed by atoms with van der Waals surface area (Å²) in [5, 5.41) is 6.06. The fourth-order valence-electron chi connectivity index (χ4n) is 6.85. The number of oxazole rings is 1. The van der Waals surface area contributed by atoms with Crippen LogP contribution < -0.4 is 10.6 Å². The molecule has 0 spiro atoms. The summed E-state index contributed by atoms with van der Waals surface area (Å²) in [6.07, 6.45) is 10.3. The second-order valence-electron chi connectivity index (χ2n) is 10.7. The van der Waals surface area contributed by atoms with Crippen LogP contribution in [0.5, 0.6) is 0 Å². The van der Waals surface area contributed by atoms with Gasteiger partial charge < -0.3 is 15.1 Å². The van der Waals surface area contributed by atoms with E-state index in [0.717, 1.165) is 48.3 Å². The number of pyridine rings is 1. The molecule has 3 aromatic rings. The predicted octanol–water partition coefficient (Wildman–Crippen LogP) is 5.13. The van der Waals surface area contributed by atoms with Crippen molar-refractivity contribution in [2.45, 2.75) is 52.0 Å². The van der Waals surface area contributed by atoms with Gasteiger partial charge in [0.05, 0.1) is 12.1 Å². The molecule has 0 aliphatic heterocycles. The predicted molar refractivity (Wildman–Crippen MR) is 131 cm³/mol. The lowest BCUT2D eigenvalue weighted by molar-refractivity contribution is -0.146. The van der Waals surface area contributed by atoms with Gasteiger partial charge in [0.1, 0.15) is 11.5 Å². The third-order valence-corrected chi connectivity index (χ3v) is 8.14. The maximum Gasteiger partial charge on any atom is 0.257 e. The van der Waals surface area contributed by atoms with Gasteiger partial charge in [0.15, 0.2) is 0 Å². The van der Waals surface area contributed by atoms with Crippen LogP contribution in [0, 0.1) is 30.1 Å². The Morgan fingerprint density at radius 2 is 1.71 bits per heavy atom. The Morgan fingerprint density at radius 3 is 2.34 bits per heavy atom. The monoisotopic (exact) mass is 470 g/mol. The van der Waals surface area contributed by atoms with Crippen molar-refractivity contribution in [2.75, 3.05) is 5.32 Å². The zero-order valence-corrected chi connectivity index (χ0v) is 19.9. The van der Waals surface area contributed by atoms with Gasteiger partial charge in [-0.2, -0.15) is 0 Å². The quantitative estimate of drug-likeness (QED) is 0.521. The molecule has 4 bridgehead atoms. The highest BCUT2D eigenvalue weighted by molar-refractivity contribution is 6.04. The summed E-state index contributed by atoms with van der Waals surface area (Å²) >= 11 is 0. The highest BCUT2D eigenvalue weighted by atomic mass is 16.4. The van der Waals surface area contributed by atoms with Gasteiger partial charge in [-0.25, -0.2) is 4.98 Å². The number of carbonyl (C=O) groups is 2. The number of benzene rings is 1. The average molecular weight is 471 g/mol. The third kappa shape index (κ3) is 4.24. The number of amides is 2. The Hall–Kier alpha value is -3.48. The zero-order valence-electron chi connectivity index (χ0n) is 19.9. The Balaban J connectivity index is 1.10. The molecule has 2 heterocycles. The maximum atomic E-state index is 13.3. The van der Waals surface area contributed by atoms with Gasteiger partial charge in [0.2, 0.25) is 11.8 Å². The van der Waals surface area contributed by atoms with Gasteiger partial charge in [-0.05, 0) is 99.6 Å². The fourth-order valence-corrected chi connectivity index (χ4v) is 6.85. The molecule has 4 aliphatic carbocycles. The largest absolute Gasteiger partial charge is 0.441 e. The summed E-state index contributed by atoms with van der Waals surface area (Å²) in [7, 11) is 0. The molecule has 4 saturated carbocycles. The molecule has 7 nitrogen and oxygen atoms in total. The first kappa shape index (κ1) is 22.0. The molecule has 4 fully saturated rings. The minimum atomic E-state index is -0.213. The summed E-state index contributed by atoms with van der Waals surface area (Å²) in [6, 6.07) is 10.8. The van der Waals surface area contributed by atoms with Gasteiger partial charge in [-0.15, -0.1) is 0 Å².